The van der Waals surface area contributed by atoms with Crippen molar-refractivity contribution in [3.63, 3.8) is 0 Å². The molecule has 0 amide bonds. The zero-order valence-electron chi connectivity index (χ0n) is 11.4. The molecular formula is C10H20FeMgN2O6. The minimum atomic E-state index is -1.29. The number of aliphatic carboxylic acids is 3. The standard InChI is InChI=1S/C6H13NO2.C4H7NO4.Fe.Mg/c1-4(2)3-5(7)6(8)9;5-2(4(8)9)1-3(6)7;;/h4-5H,3,7H2,1-2H3,(H,8,9);2H,1,5H2,(H,6,7)(H,8,9);;/t5-;2-;;/m00../s1. The van der Waals surface area contributed by atoms with Crippen molar-refractivity contribution in [2.75, 3.05) is 0 Å². The molecule has 0 heterocycles. The Morgan fingerprint density at radius 2 is 1.30 bits per heavy atom. The van der Waals surface area contributed by atoms with Crippen molar-refractivity contribution in [3.8, 4) is 0 Å². The summed E-state index contributed by atoms with van der Waals surface area (Å²) >= 11 is 0. The van der Waals surface area contributed by atoms with Gasteiger partial charge in [0.15, 0.2) is 0 Å². The average molecular weight is 344 g/mol. The van der Waals surface area contributed by atoms with Crippen molar-refractivity contribution >= 4 is 41.0 Å². The summed E-state index contributed by atoms with van der Waals surface area (Å²) < 4.78 is 0. The molecule has 0 aromatic heterocycles. The van der Waals surface area contributed by atoms with E-state index in [4.69, 9.17) is 26.8 Å². The molecule has 116 valence electrons. The van der Waals surface area contributed by atoms with E-state index in [1.807, 2.05) is 13.8 Å². The van der Waals surface area contributed by atoms with Crippen LogP contribution in [0.25, 0.3) is 0 Å². The first-order valence-corrected chi connectivity index (χ1v) is 5.26. The molecule has 0 aliphatic heterocycles. The molecule has 0 unspecified atom stereocenters. The van der Waals surface area contributed by atoms with Crippen LogP contribution in [0.4, 0.5) is 0 Å². The second-order valence-electron chi connectivity index (χ2n) is 4.12. The number of carboxylic acids is 3. The second-order valence-corrected chi connectivity index (χ2v) is 4.12. The zero-order valence-corrected chi connectivity index (χ0v) is 13.9. The molecule has 0 spiro atoms. The predicted octanol–water partition coefficient (Wildman–Crippen LogP) is -1.07. The van der Waals surface area contributed by atoms with Gasteiger partial charge in [0.2, 0.25) is 0 Å². The van der Waals surface area contributed by atoms with Gasteiger partial charge in [-0.2, -0.15) is 0 Å². The maximum atomic E-state index is 10.1. The summed E-state index contributed by atoms with van der Waals surface area (Å²) in [5, 5.41) is 24.3. The van der Waals surface area contributed by atoms with Gasteiger partial charge in [-0.25, -0.2) is 0 Å². The van der Waals surface area contributed by atoms with E-state index < -0.39 is 36.4 Å². The first kappa shape index (κ1) is 27.9. The van der Waals surface area contributed by atoms with E-state index in [1.54, 1.807) is 0 Å². The number of hydrogen-bond acceptors (Lipinski definition) is 5. The molecule has 2 radical (unpaired) electrons. The number of hydrogen-bond donors (Lipinski definition) is 5. The van der Waals surface area contributed by atoms with Crippen LogP contribution >= 0.6 is 0 Å². The smallest absolute Gasteiger partial charge is 0.321 e. The Kier molecular flexibility index (Phi) is 20.9. The molecule has 7 N–H and O–H groups in total. The Morgan fingerprint density at radius 1 is 0.950 bits per heavy atom. The molecule has 0 rings (SSSR count). The van der Waals surface area contributed by atoms with Crippen LogP contribution in [-0.4, -0.2) is 68.4 Å². The summed E-state index contributed by atoms with van der Waals surface area (Å²) in [6.45, 7) is 3.89. The van der Waals surface area contributed by atoms with E-state index in [-0.39, 0.29) is 40.1 Å². The summed E-state index contributed by atoms with van der Waals surface area (Å²) in [4.78, 5) is 29.7. The molecule has 10 heteroatoms. The van der Waals surface area contributed by atoms with Gasteiger partial charge in [0, 0.05) is 40.1 Å². The maximum Gasteiger partial charge on any atom is 0.321 e. The third kappa shape index (κ3) is 19.9. The Labute approximate surface area is 143 Å². The van der Waals surface area contributed by atoms with Crippen LogP contribution < -0.4 is 11.5 Å². The molecule has 2 atom stereocenters. The Hall–Kier alpha value is -0.384. The maximum absolute atomic E-state index is 10.1. The van der Waals surface area contributed by atoms with Crippen molar-refractivity contribution in [1.29, 1.82) is 0 Å². The number of nitrogens with two attached hydrogens (primary N) is 2. The SMILES string of the molecule is CC(C)C[C@H](N)C(=O)O.N[C@@H](CC(=O)O)C(=O)O.[Fe].[Mg]. The van der Waals surface area contributed by atoms with Gasteiger partial charge in [-0.05, 0) is 12.3 Å². The van der Waals surface area contributed by atoms with Crippen LogP contribution in [0.15, 0.2) is 0 Å². The summed E-state index contributed by atoms with van der Waals surface area (Å²) in [6.07, 6.45) is 0.0185. The van der Waals surface area contributed by atoms with Crippen molar-refractivity contribution in [1.82, 2.24) is 0 Å². The number of rotatable bonds is 6. The van der Waals surface area contributed by atoms with Crippen LogP contribution in [0.3, 0.4) is 0 Å². The molecule has 0 saturated carbocycles. The van der Waals surface area contributed by atoms with Crippen molar-refractivity contribution < 1.29 is 46.8 Å². The van der Waals surface area contributed by atoms with Crippen LogP contribution in [-0.2, 0) is 31.5 Å². The van der Waals surface area contributed by atoms with E-state index >= 15 is 0 Å². The minimum Gasteiger partial charge on any atom is -0.481 e. The summed E-state index contributed by atoms with van der Waals surface area (Å²) in [7, 11) is 0. The molecule has 0 aromatic carbocycles. The molecule has 20 heavy (non-hydrogen) atoms. The van der Waals surface area contributed by atoms with Gasteiger partial charge < -0.3 is 26.8 Å². The Bertz CT molecular complexity index is 303. The van der Waals surface area contributed by atoms with E-state index in [9.17, 15) is 14.4 Å². The Morgan fingerprint density at radius 3 is 1.40 bits per heavy atom. The third-order valence-electron chi connectivity index (χ3n) is 1.75. The molecule has 0 bridgehead atoms. The fourth-order valence-electron chi connectivity index (χ4n) is 0.884. The zero-order chi connectivity index (χ0) is 14.9. The average Bonchev–Trinajstić information content (AvgIpc) is 2.16. The Balaban J connectivity index is -0.000000116. The number of carboxylic acid groups (broad SMARTS) is 3. The molecule has 0 aliphatic carbocycles. The molecule has 0 fully saturated rings. The molecular weight excluding hydrogens is 324 g/mol. The quantitative estimate of drug-likeness (QED) is 0.380. The van der Waals surface area contributed by atoms with Gasteiger partial charge in [0.1, 0.15) is 12.1 Å². The monoisotopic (exact) mass is 344 g/mol. The van der Waals surface area contributed by atoms with E-state index in [0.29, 0.717) is 12.3 Å². The van der Waals surface area contributed by atoms with Gasteiger partial charge in [0.05, 0.1) is 6.42 Å². The summed E-state index contributed by atoms with van der Waals surface area (Å²) in [5.41, 5.74) is 10.1. The summed E-state index contributed by atoms with van der Waals surface area (Å²) in [6, 6.07) is -1.98. The molecule has 0 aromatic rings. The van der Waals surface area contributed by atoms with Gasteiger partial charge in [-0.1, -0.05) is 13.8 Å². The summed E-state index contributed by atoms with van der Waals surface area (Å²) in [5.74, 6) is -3.05. The number of carbonyl (C=O) groups is 3. The van der Waals surface area contributed by atoms with Gasteiger partial charge in [-0.3, -0.25) is 14.4 Å². The first-order chi connectivity index (χ1) is 8.07. The van der Waals surface area contributed by atoms with Gasteiger partial charge in [-0.15, -0.1) is 0 Å². The molecule has 0 aliphatic rings. The third-order valence-corrected chi connectivity index (χ3v) is 1.75. The second kappa shape index (κ2) is 15.0. The van der Waals surface area contributed by atoms with Crippen molar-refractivity contribution in [2.45, 2.75) is 38.8 Å². The van der Waals surface area contributed by atoms with Crippen LogP contribution in [0.2, 0.25) is 0 Å². The minimum absolute atomic E-state index is 0. The largest absolute Gasteiger partial charge is 0.481 e. The van der Waals surface area contributed by atoms with Crippen LogP contribution in [0.5, 0.6) is 0 Å². The normalized spacial score (nSPS) is 11.8. The van der Waals surface area contributed by atoms with E-state index in [0.717, 1.165) is 0 Å². The molecule has 0 saturated heterocycles. The van der Waals surface area contributed by atoms with Crippen molar-refractivity contribution in [3.05, 3.63) is 0 Å². The van der Waals surface area contributed by atoms with E-state index in [1.165, 1.54) is 0 Å². The first-order valence-electron chi connectivity index (χ1n) is 5.26. The fourth-order valence-corrected chi connectivity index (χ4v) is 0.884. The topological polar surface area (TPSA) is 164 Å². The molecule has 8 nitrogen and oxygen atoms in total. The van der Waals surface area contributed by atoms with Crippen molar-refractivity contribution in [2.24, 2.45) is 17.4 Å². The van der Waals surface area contributed by atoms with Gasteiger partial charge >= 0.3 is 17.9 Å². The van der Waals surface area contributed by atoms with Gasteiger partial charge in [0.25, 0.3) is 0 Å². The predicted molar refractivity (Wildman–Crippen MR) is 68.7 cm³/mol. The van der Waals surface area contributed by atoms with Crippen LogP contribution in [0, 0.1) is 5.92 Å². The van der Waals surface area contributed by atoms with E-state index in [2.05, 4.69) is 0 Å². The fraction of sp³-hybridized carbons (Fsp3) is 0.700. The van der Waals surface area contributed by atoms with Crippen LogP contribution in [0.1, 0.15) is 26.7 Å².